The van der Waals surface area contributed by atoms with Crippen LogP contribution in [-0.4, -0.2) is 48.5 Å². The Hall–Kier alpha value is -3.12. The first kappa shape index (κ1) is 20.2. The molecule has 1 saturated heterocycles. The van der Waals surface area contributed by atoms with Crippen LogP contribution < -0.4 is 10.2 Å². The molecule has 6 nitrogen and oxygen atoms in total. The van der Waals surface area contributed by atoms with Gasteiger partial charge in [-0.1, -0.05) is 37.3 Å². The molecular weight excluding hydrogens is 376 g/mol. The lowest BCUT2D eigenvalue weighted by Crippen LogP contribution is -2.46. The Labute approximate surface area is 177 Å². The summed E-state index contributed by atoms with van der Waals surface area (Å²) in [5, 5.41) is 3.08. The number of hydrogen-bond donors (Lipinski definition) is 1. The average molecular weight is 405 g/mol. The minimum absolute atomic E-state index is 0.0920. The quantitative estimate of drug-likeness (QED) is 0.674. The van der Waals surface area contributed by atoms with Gasteiger partial charge in [-0.2, -0.15) is 0 Å². The van der Waals surface area contributed by atoms with Gasteiger partial charge in [0.1, 0.15) is 5.76 Å². The van der Waals surface area contributed by atoms with Crippen molar-refractivity contribution in [1.82, 2.24) is 9.88 Å². The summed E-state index contributed by atoms with van der Waals surface area (Å²) < 4.78 is 5.79. The number of amides is 1. The van der Waals surface area contributed by atoms with E-state index in [9.17, 15) is 4.79 Å². The largest absolute Gasteiger partial charge is 0.441 e. The summed E-state index contributed by atoms with van der Waals surface area (Å²) in [6.07, 6.45) is 0.181. The standard InChI is InChI=1S/C24H28N4O2/c1-3-27-13-15-28(16-14-27)22-12-8-7-11-20(22)25-23(29)17-21-18(2)30-24(26-21)19-9-5-4-6-10-19/h4-12H,3,13-17H2,1-2H3,(H,25,29). The van der Waals surface area contributed by atoms with E-state index in [0.717, 1.165) is 49.7 Å². The number of nitrogens with one attached hydrogen (secondary N) is 1. The normalized spacial score (nSPS) is 14.7. The van der Waals surface area contributed by atoms with Crippen molar-refractivity contribution in [3.63, 3.8) is 0 Å². The number of likely N-dealkylation sites (N-methyl/N-ethyl adjacent to an activating group) is 1. The van der Waals surface area contributed by atoms with E-state index < -0.39 is 0 Å². The number of para-hydroxylation sites is 2. The Morgan fingerprint density at radius 1 is 1.03 bits per heavy atom. The molecule has 2 heterocycles. The van der Waals surface area contributed by atoms with Gasteiger partial charge in [0.05, 0.1) is 23.5 Å². The van der Waals surface area contributed by atoms with Crippen LogP contribution in [0.1, 0.15) is 18.4 Å². The third-order valence-corrected chi connectivity index (χ3v) is 5.58. The fraction of sp³-hybridized carbons (Fsp3) is 0.333. The summed E-state index contributed by atoms with van der Waals surface area (Å²) in [4.78, 5) is 22.1. The van der Waals surface area contributed by atoms with Crippen LogP contribution in [0.25, 0.3) is 11.5 Å². The predicted octanol–water partition coefficient (Wildman–Crippen LogP) is 3.97. The van der Waals surface area contributed by atoms with Gasteiger partial charge in [-0.25, -0.2) is 4.98 Å². The van der Waals surface area contributed by atoms with Crippen molar-refractivity contribution < 1.29 is 9.21 Å². The summed E-state index contributed by atoms with van der Waals surface area (Å²) in [7, 11) is 0. The molecule has 1 N–H and O–H groups in total. The first-order chi connectivity index (χ1) is 14.6. The minimum atomic E-state index is -0.0920. The van der Waals surface area contributed by atoms with Crippen molar-refractivity contribution in [1.29, 1.82) is 0 Å². The van der Waals surface area contributed by atoms with Gasteiger partial charge in [-0.15, -0.1) is 0 Å². The Balaban J connectivity index is 1.45. The molecular formula is C24H28N4O2. The van der Waals surface area contributed by atoms with Crippen LogP contribution in [0.5, 0.6) is 0 Å². The molecule has 0 bridgehead atoms. The molecule has 1 fully saturated rings. The Morgan fingerprint density at radius 3 is 2.47 bits per heavy atom. The first-order valence-corrected chi connectivity index (χ1v) is 10.5. The second kappa shape index (κ2) is 9.13. The molecule has 1 aliphatic heterocycles. The fourth-order valence-electron chi connectivity index (χ4n) is 3.80. The number of aryl methyl sites for hydroxylation is 1. The minimum Gasteiger partial charge on any atom is -0.441 e. The summed E-state index contributed by atoms with van der Waals surface area (Å²) in [6.45, 7) is 9.13. The molecule has 4 rings (SSSR count). The fourth-order valence-corrected chi connectivity index (χ4v) is 3.80. The van der Waals surface area contributed by atoms with Crippen molar-refractivity contribution in [3.05, 3.63) is 66.1 Å². The molecule has 3 aromatic rings. The van der Waals surface area contributed by atoms with Gasteiger partial charge in [0, 0.05) is 31.7 Å². The Bertz CT molecular complexity index is 991. The molecule has 156 valence electrons. The second-order valence-corrected chi connectivity index (χ2v) is 7.55. The maximum atomic E-state index is 12.8. The number of oxazole rings is 1. The van der Waals surface area contributed by atoms with E-state index >= 15 is 0 Å². The third-order valence-electron chi connectivity index (χ3n) is 5.58. The van der Waals surface area contributed by atoms with Crippen LogP contribution in [0.15, 0.2) is 59.0 Å². The van der Waals surface area contributed by atoms with Gasteiger partial charge in [-0.3, -0.25) is 4.79 Å². The van der Waals surface area contributed by atoms with Crippen molar-refractivity contribution in [3.8, 4) is 11.5 Å². The van der Waals surface area contributed by atoms with Crippen molar-refractivity contribution in [2.24, 2.45) is 0 Å². The highest BCUT2D eigenvalue weighted by molar-refractivity contribution is 5.95. The molecule has 0 atom stereocenters. The highest BCUT2D eigenvalue weighted by Crippen LogP contribution is 2.27. The summed E-state index contributed by atoms with van der Waals surface area (Å²) in [5.41, 5.74) is 3.49. The summed E-state index contributed by atoms with van der Waals surface area (Å²) in [6, 6.07) is 17.7. The van der Waals surface area contributed by atoms with E-state index in [0.29, 0.717) is 17.3 Å². The predicted molar refractivity (Wildman–Crippen MR) is 120 cm³/mol. The molecule has 30 heavy (non-hydrogen) atoms. The lowest BCUT2D eigenvalue weighted by molar-refractivity contribution is -0.115. The number of carbonyl (C=O) groups excluding carboxylic acids is 1. The number of anilines is 2. The first-order valence-electron chi connectivity index (χ1n) is 10.5. The molecule has 1 aliphatic rings. The molecule has 0 aliphatic carbocycles. The number of rotatable bonds is 6. The van der Waals surface area contributed by atoms with Gasteiger partial charge in [-0.05, 0) is 37.7 Å². The molecule has 0 spiro atoms. The lowest BCUT2D eigenvalue weighted by atomic mass is 10.2. The highest BCUT2D eigenvalue weighted by atomic mass is 16.4. The zero-order valence-corrected chi connectivity index (χ0v) is 17.6. The van der Waals surface area contributed by atoms with Gasteiger partial charge in [0.15, 0.2) is 0 Å². The molecule has 0 unspecified atom stereocenters. The molecule has 1 amide bonds. The maximum Gasteiger partial charge on any atom is 0.230 e. The number of hydrogen-bond acceptors (Lipinski definition) is 5. The zero-order valence-electron chi connectivity index (χ0n) is 17.6. The number of piperazine rings is 1. The van der Waals surface area contributed by atoms with Crippen LogP contribution in [-0.2, 0) is 11.2 Å². The van der Waals surface area contributed by atoms with E-state index in [1.807, 2.05) is 55.5 Å². The van der Waals surface area contributed by atoms with Crippen LogP contribution in [0.2, 0.25) is 0 Å². The van der Waals surface area contributed by atoms with Gasteiger partial charge >= 0.3 is 0 Å². The average Bonchev–Trinajstić information content (AvgIpc) is 3.15. The molecule has 0 radical (unpaired) electrons. The monoisotopic (exact) mass is 404 g/mol. The van der Waals surface area contributed by atoms with Gasteiger partial charge in [0.2, 0.25) is 11.8 Å². The molecule has 1 aromatic heterocycles. The van der Waals surface area contributed by atoms with Crippen LogP contribution in [0.4, 0.5) is 11.4 Å². The Morgan fingerprint density at radius 2 is 1.73 bits per heavy atom. The van der Waals surface area contributed by atoms with Crippen molar-refractivity contribution >= 4 is 17.3 Å². The Kier molecular flexibility index (Phi) is 6.14. The zero-order chi connectivity index (χ0) is 20.9. The number of nitrogens with zero attached hydrogens (tertiary/aromatic N) is 3. The van der Waals surface area contributed by atoms with E-state index in [2.05, 4.69) is 33.1 Å². The smallest absolute Gasteiger partial charge is 0.230 e. The molecule has 0 saturated carbocycles. The summed E-state index contributed by atoms with van der Waals surface area (Å²) >= 11 is 0. The van der Waals surface area contributed by atoms with Crippen LogP contribution in [0.3, 0.4) is 0 Å². The topological polar surface area (TPSA) is 61.6 Å². The number of carbonyl (C=O) groups is 1. The van der Waals surface area contributed by atoms with Gasteiger partial charge < -0.3 is 19.5 Å². The molecule has 6 heteroatoms. The second-order valence-electron chi connectivity index (χ2n) is 7.55. The van der Waals surface area contributed by atoms with E-state index in [-0.39, 0.29) is 12.3 Å². The third kappa shape index (κ3) is 4.54. The lowest BCUT2D eigenvalue weighted by Gasteiger charge is -2.36. The summed E-state index contributed by atoms with van der Waals surface area (Å²) in [5.74, 6) is 1.13. The van der Waals surface area contributed by atoms with Crippen LogP contribution >= 0.6 is 0 Å². The SMILES string of the molecule is CCN1CCN(c2ccccc2NC(=O)Cc2nc(-c3ccccc3)oc2C)CC1. The highest BCUT2D eigenvalue weighted by Gasteiger charge is 2.20. The maximum absolute atomic E-state index is 12.8. The van der Waals surface area contributed by atoms with Crippen molar-refractivity contribution in [2.75, 3.05) is 42.9 Å². The van der Waals surface area contributed by atoms with E-state index in [1.54, 1.807) is 0 Å². The van der Waals surface area contributed by atoms with E-state index in [4.69, 9.17) is 4.42 Å². The van der Waals surface area contributed by atoms with E-state index in [1.165, 1.54) is 0 Å². The molecule has 2 aromatic carbocycles. The van der Waals surface area contributed by atoms with Crippen LogP contribution in [0, 0.1) is 6.92 Å². The van der Waals surface area contributed by atoms with Crippen molar-refractivity contribution in [2.45, 2.75) is 20.3 Å². The number of aromatic nitrogens is 1. The number of benzene rings is 2. The van der Waals surface area contributed by atoms with Gasteiger partial charge in [0.25, 0.3) is 0 Å².